The van der Waals surface area contributed by atoms with Gasteiger partial charge in [-0.05, 0) is 19.1 Å². The molecule has 1 aromatic carbocycles. The van der Waals surface area contributed by atoms with Gasteiger partial charge in [0.25, 0.3) is 0 Å². The van der Waals surface area contributed by atoms with Gasteiger partial charge in [0, 0.05) is 26.0 Å². The van der Waals surface area contributed by atoms with Gasteiger partial charge in [-0.15, -0.1) is 0 Å². The van der Waals surface area contributed by atoms with Gasteiger partial charge in [-0.2, -0.15) is 16.4 Å². The average Bonchev–Trinajstić information content (AvgIpc) is 2.26. The summed E-state index contributed by atoms with van der Waals surface area (Å²) in [5.41, 5.74) is 1.55. The normalized spacial score (nSPS) is 12.2. The topological polar surface area (TPSA) is 40.6 Å². The number of aryl methyl sites for hydroxylation is 1. The lowest BCUT2D eigenvalue weighted by molar-refractivity contribution is 0.523. The van der Waals surface area contributed by atoms with Crippen molar-refractivity contribution in [3.8, 4) is 0 Å². The maximum Gasteiger partial charge on any atom is 0.313 e. The van der Waals surface area contributed by atoms with Crippen LogP contribution in [-0.2, 0) is 10.2 Å². The van der Waals surface area contributed by atoms with Crippen LogP contribution >= 0.6 is 35.1 Å². The van der Waals surface area contributed by atoms with E-state index in [2.05, 4.69) is 0 Å². The summed E-state index contributed by atoms with van der Waals surface area (Å²) in [4.78, 5) is 0. The molecule has 0 amide bonds. The Kier molecular flexibility index (Phi) is 5.61. The van der Waals surface area contributed by atoms with Gasteiger partial charge in [-0.25, -0.2) is 0 Å². The summed E-state index contributed by atoms with van der Waals surface area (Å²) in [6.07, 6.45) is 0. The van der Waals surface area contributed by atoms with Crippen LogP contribution < -0.4 is 3.71 Å². The van der Waals surface area contributed by atoms with Gasteiger partial charge in [0.1, 0.15) is 0 Å². The molecule has 0 saturated heterocycles. The Balaban J connectivity index is 3.18. The van der Waals surface area contributed by atoms with Gasteiger partial charge < -0.3 is 0 Å². The van der Waals surface area contributed by atoms with Gasteiger partial charge in [-0.3, -0.25) is 0 Å². The van der Waals surface area contributed by atoms with Crippen LogP contribution in [-0.4, -0.2) is 31.0 Å². The lowest BCUT2D eigenvalue weighted by Crippen LogP contribution is -2.36. The molecule has 0 radical (unpaired) electrons. The molecular weight excluding hydrogens is 315 g/mol. The van der Waals surface area contributed by atoms with Gasteiger partial charge >= 0.3 is 10.2 Å². The van der Waals surface area contributed by atoms with Crippen LogP contribution in [0.2, 0.25) is 0 Å². The molecule has 18 heavy (non-hydrogen) atoms. The summed E-state index contributed by atoms with van der Waals surface area (Å²) in [7, 11) is -0.733. The maximum absolute atomic E-state index is 12.2. The number of hydrogen-bond acceptors (Lipinski definition) is 3. The van der Waals surface area contributed by atoms with E-state index in [9.17, 15) is 8.42 Å². The third-order valence-electron chi connectivity index (χ3n) is 2.09. The SMILES string of the molecule is Cc1ccc(N(SC(Cl)Cl)S(=O)(=O)N(C)C)cc1. The molecular formula is C10H14Cl2N2O2S2. The summed E-state index contributed by atoms with van der Waals surface area (Å²) in [6, 6.07) is 7.07. The number of rotatable bonds is 5. The number of anilines is 1. The van der Waals surface area contributed by atoms with Crippen LogP contribution in [0.5, 0.6) is 0 Å². The highest BCUT2D eigenvalue weighted by molar-refractivity contribution is 8.15. The van der Waals surface area contributed by atoms with E-state index < -0.39 is 14.4 Å². The Hall–Kier alpha value is -0.140. The van der Waals surface area contributed by atoms with E-state index in [-0.39, 0.29) is 0 Å². The summed E-state index contributed by atoms with van der Waals surface area (Å²) >= 11 is 12.2. The first kappa shape index (κ1) is 15.9. The zero-order chi connectivity index (χ0) is 13.9. The Labute approximate surface area is 122 Å². The Morgan fingerprint density at radius 3 is 2.06 bits per heavy atom. The molecule has 4 nitrogen and oxygen atoms in total. The molecule has 0 heterocycles. The first-order valence-electron chi connectivity index (χ1n) is 4.99. The van der Waals surface area contributed by atoms with E-state index in [1.807, 2.05) is 19.1 Å². The van der Waals surface area contributed by atoms with E-state index in [0.717, 1.165) is 25.5 Å². The molecule has 0 fully saturated rings. The van der Waals surface area contributed by atoms with E-state index in [0.29, 0.717) is 5.69 Å². The van der Waals surface area contributed by atoms with Gasteiger partial charge in [-0.1, -0.05) is 40.9 Å². The molecule has 0 saturated carbocycles. The Morgan fingerprint density at radius 1 is 1.17 bits per heavy atom. The fourth-order valence-corrected chi connectivity index (χ4v) is 4.06. The van der Waals surface area contributed by atoms with Crippen LogP contribution in [0.4, 0.5) is 5.69 Å². The molecule has 0 atom stereocenters. The van der Waals surface area contributed by atoms with Crippen LogP contribution in [0, 0.1) is 6.92 Å². The zero-order valence-electron chi connectivity index (χ0n) is 10.2. The second-order valence-electron chi connectivity index (χ2n) is 3.72. The fourth-order valence-electron chi connectivity index (χ4n) is 1.14. The van der Waals surface area contributed by atoms with E-state index in [1.165, 1.54) is 14.1 Å². The third kappa shape index (κ3) is 3.93. The van der Waals surface area contributed by atoms with Crippen molar-refractivity contribution < 1.29 is 8.42 Å². The summed E-state index contributed by atoms with van der Waals surface area (Å²) < 4.78 is 25.7. The van der Waals surface area contributed by atoms with Crippen molar-refractivity contribution in [2.24, 2.45) is 0 Å². The van der Waals surface area contributed by atoms with Crippen molar-refractivity contribution in [3.63, 3.8) is 0 Å². The van der Waals surface area contributed by atoms with Gasteiger partial charge in [0.05, 0.1) is 5.69 Å². The predicted octanol–water partition coefficient (Wildman–Crippen LogP) is 3.02. The van der Waals surface area contributed by atoms with Crippen molar-refractivity contribution in [3.05, 3.63) is 29.8 Å². The van der Waals surface area contributed by atoms with Crippen LogP contribution in [0.3, 0.4) is 0 Å². The van der Waals surface area contributed by atoms with E-state index in [4.69, 9.17) is 23.2 Å². The molecule has 0 aliphatic heterocycles. The lowest BCUT2D eigenvalue weighted by atomic mass is 10.2. The Bertz CT molecular complexity index is 489. The molecule has 0 aliphatic carbocycles. The molecule has 102 valence electrons. The van der Waals surface area contributed by atoms with E-state index in [1.54, 1.807) is 12.1 Å². The Morgan fingerprint density at radius 2 is 1.67 bits per heavy atom. The standard InChI is InChI=1S/C10H14Cl2N2O2S2/c1-8-4-6-9(7-5-8)14(17-10(11)12)18(15,16)13(2)3/h4-7,10H,1-3H3. The lowest BCUT2D eigenvalue weighted by Gasteiger charge is -2.26. The summed E-state index contributed by atoms with van der Waals surface area (Å²) in [5.74, 6) is 0. The summed E-state index contributed by atoms with van der Waals surface area (Å²) in [5, 5.41) is 0. The van der Waals surface area contributed by atoms with Crippen LogP contribution in [0.15, 0.2) is 24.3 Å². The number of nitrogens with zero attached hydrogens (tertiary/aromatic N) is 2. The predicted molar refractivity (Wildman–Crippen MR) is 79.3 cm³/mol. The van der Waals surface area contributed by atoms with Crippen molar-refractivity contribution in [1.82, 2.24) is 4.31 Å². The smallest absolute Gasteiger partial charge is 0.196 e. The molecule has 0 N–H and O–H groups in total. The first-order chi connectivity index (χ1) is 8.25. The maximum atomic E-state index is 12.2. The quantitative estimate of drug-likeness (QED) is 0.616. The fraction of sp³-hybridized carbons (Fsp3) is 0.400. The first-order valence-corrected chi connectivity index (χ1v) is 8.10. The monoisotopic (exact) mass is 328 g/mol. The van der Waals surface area contributed by atoms with E-state index >= 15 is 0 Å². The minimum Gasteiger partial charge on any atom is -0.196 e. The molecule has 0 unspecified atom stereocenters. The highest BCUT2D eigenvalue weighted by Gasteiger charge is 2.27. The molecule has 1 aromatic rings. The second-order valence-corrected chi connectivity index (χ2v) is 8.60. The number of halogens is 2. The number of hydrogen-bond donors (Lipinski definition) is 0. The molecule has 0 aromatic heterocycles. The molecule has 0 bridgehead atoms. The largest absolute Gasteiger partial charge is 0.313 e. The van der Waals surface area contributed by atoms with Crippen LogP contribution in [0.1, 0.15) is 5.56 Å². The average molecular weight is 329 g/mol. The van der Waals surface area contributed by atoms with Gasteiger partial charge in [0.2, 0.25) is 0 Å². The van der Waals surface area contributed by atoms with Crippen molar-refractivity contribution in [2.75, 3.05) is 17.8 Å². The molecule has 0 aliphatic rings. The minimum atomic E-state index is -3.64. The third-order valence-corrected chi connectivity index (χ3v) is 5.51. The van der Waals surface area contributed by atoms with Crippen molar-refractivity contribution in [1.29, 1.82) is 0 Å². The number of alkyl halides is 2. The second kappa shape index (κ2) is 6.34. The molecule has 0 spiro atoms. The highest BCUT2D eigenvalue weighted by Crippen LogP contribution is 2.33. The summed E-state index contributed by atoms with van der Waals surface area (Å²) in [6.45, 7) is 1.92. The van der Waals surface area contributed by atoms with Gasteiger partial charge in [0.15, 0.2) is 4.17 Å². The van der Waals surface area contributed by atoms with Crippen molar-refractivity contribution in [2.45, 2.75) is 11.1 Å². The number of benzene rings is 1. The molecule has 8 heteroatoms. The highest BCUT2D eigenvalue weighted by atomic mass is 35.5. The minimum absolute atomic E-state index is 0.505. The zero-order valence-corrected chi connectivity index (χ0v) is 13.3. The van der Waals surface area contributed by atoms with Crippen molar-refractivity contribution >= 4 is 51.0 Å². The molecule has 1 rings (SSSR count). The van der Waals surface area contributed by atoms with Crippen LogP contribution in [0.25, 0.3) is 0 Å².